The summed E-state index contributed by atoms with van der Waals surface area (Å²) in [6.45, 7) is 0. The van der Waals surface area contributed by atoms with Crippen molar-refractivity contribution in [3.8, 4) is 0 Å². The van der Waals surface area contributed by atoms with Gasteiger partial charge in [0.1, 0.15) is 18.0 Å². The maximum Gasteiger partial charge on any atom is 0.143 e. The normalized spacial score (nSPS) is 14.1. The Bertz CT molecular complexity index is 545. The van der Waals surface area contributed by atoms with E-state index in [4.69, 9.17) is 4.74 Å². The molecule has 2 unspecified atom stereocenters. The van der Waals surface area contributed by atoms with Crippen LogP contribution in [0.5, 0.6) is 0 Å². The van der Waals surface area contributed by atoms with Gasteiger partial charge in [0.05, 0.1) is 4.47 Å². The van der Waals surface area contributed by atoms with Crippen molar-refractivity contribution in [1.29, 1.82) is 0 Å². The largest absolute Gasteiger partial charge is 0.385 e. The zero-order chi connectivity index (χ0) is 13.8. The van der Waals surface area contributed by atoms with Crippen LogP contribution in [0.15, 0.2) is 53.0 Å². The average molecular weight is 325 g/mol. The maximum atomic E-state index is 14.0. The molecule has 0 amide bonds. The summed E-state index contributed by atoms with van der Waals surface area (Å²) < 4.78 is 19.6. The second-order valence-electron chi connectivity index (χ2n) is 4.15. The Morgan fingerprint density at radius 1 is 1.11 bits per heavy atom. The molecule has 0 fully saturated rings. The Morgan fingerprint density at radius 3 is 2.42 bits per heavy atom. The predicted molar refractivity (Wildman–Crippen MR) is 75.3 cm³/mol. The number of aliphatic hydroxyl groups excluding tert-OH is 1. The molecule has 0 heterocycles. The van der Waals surface area contributed by atoms with Gasteiger partial charge in [-0.05, 0) is 27.6 Å². The summed E-state index contributed by atoms with van der Waals surface area (Å²) in [6.07, 6.45) is -1.67. The lowest BCUT2D eigenvalue weighted by atomic mass is 9.98. The molecule has 19 heavy (non-hydrogen) atoms. The third-order valence-electron chi connectivity index (χ3n) is 2.97. The molecule has 2 atom stereocenters. The predicted octanol–water partition coefficient (Wildman–Crippen LogP) is 4.01. The van der Waals surface area contributed by atoms with Gasteiger partial charge in [-0.25, -0.2) is 4.39 Å². The van der Waals surface area contributed by atoms with Crippen LogP contribution in [0.2, 0.25) is 0 Å². The van der Waals surface area contributed by atoms with Gasteiger partial charge in [-0.3, -0.25) is 0 Å². The summed E-state index contributed by atoms with van der Waals surface area (Å²) in [5, 5.41) is 10.4. The maximum absolute atomic E-state index is 14.0. The topological polar surface area (TPSA) is 29.5 Å². The van der Waals surface area contributed by atoms with Crippen molar-refractivity contribution in [3.05, 3.63) is 69.9 Å². The summed E-state index contributed by atoms with van der Waals surface area (Å²) in [6, 6.07) is 14.1. The molecule has 0 bridgehead atoms. The van der Waals surface area contributed by atoms with Crippen LogP contribution in [0.25, 0.3) is 0 Å². The third-order valence-corrected chi connectivity index (χ3v) is 3.58. The number of benzene rings is 2. The van der Waals surface area contributed by atoms with Crippen LogP contribution in [-0.4, -0.2) is 12.2 Å². The number of rotatable bonds is 4. The fourth-order valence-corrected chi connectivity index (χ4v) is 2.38. The van der Waals surface area contributed by atoms with Crippen LogP contribution in [0.3, 0.4) is 0 Å². The molecular weight excluding hydrogens is 311 g/mol. The number of methoxy groups -OCH3 is 1. The van der Waals surface area contributed by atoms with Crippen LogP contribution >= 0.6 is 15.9 Å². The van der Waals surface area contributed by atoms with Gasteiger partial charge >= 0.3 is 0 Å². The Kier molecular flexibility index (Phi) is 4.69. The van der Waals surface area contributed by atoms with E-state index in [0.717, 1.165) is 5.56 Å². The first kappa shape index (κ1) is 14.2. The first-order valence-corrected chi connectivity index (χ1v) is 6.64. The molecule has 2 nitrogen and oxygen atoms in total. The van der Waals surface area contributed by atoms with E-state index in [9.17, 15) is 9.50 Å². The Morgan fingerprint density at radius 2 is 1.79 bits per heavy atom. The van der Waals surface area contributed by atoms with E-state index in [-0.39, 0.29) is 5.56 Å². The molecule has 0 aromatic heterocycles. The lowest BCUT2D eigenvalue weighted by molar-refractivity contribution is -0.0166. The average Bonchev–Trinajstić information content (AvgIpc) is 2.44. The Labute approximate surface area is 120 Å². The van der Waals surface area contributed by atoms with Crippen molar-refractivity contribution < 1.29 is 14.2 Å². The molecule has 4 heteroatoms. The molecular formula is C15H14BrFO2. The Hall–Kier alpha value is -1.23. The van der Waals surface area contributed by atoms with E-state index in [1.807, 2.05) is 30.3 Å². The molecule has 0 spiro atoms. The van der Waals surface area contributed by atoms with E-state index in [1.165, 1.54) is 7.11 Å². The van der Waals surface area contributed by atoms with E-state index in [2.05, 4.69) is 15.9 Å². The standard InChI is InChI=1S/C15H14BrFO2/c1-19-15(10-6-3-2-4-7-10)14(18)11-8-5-9-12(16)13(11)17/h2-9,14-15,18H,1H3. The van der Waals surface area contributed by atoms with Crippen molar-refractivity contribution >= 4 is 15.9 Å². The summed E-state index contributed by atoms with van der Waals surface area (Å²) >= 11 is 3.11. The van der Waals surface area contributed by atoms with Gasteiger partial charge in [-0.15, -0.1) is 0 Å². The highest BCUT2D eigenvalue weighted by atomic mass is 79.9. The quantitative estimate of drug-likeness (QED) is 0.920. The van der Waals surface area contributed by atoms with E-state index < -0.39 is 18.0 Å². The summed E-state index contributed by atoms with van der Waals surface area (Å²) in [4.78, 5) is 0. The van der Waals surface area contributed by atoms with Crippen molar-refractivity contribution in [2.45, 2.75) is 12.2 Å². The van der Waals surface area contributed by atoms with Crippen LogP contribution in [0.1, 0.15) is 23.3 Å². The number of hydrogen-bond acceptors (Lipinski definition) is 2. The van der Waals surface area contributed by atoms with Crippen LogP contribution in [-0.2, 0) is 4.74 Å². The monoisotopic (exact) mass is 324 g/mol. The first-order chi connectivity index (χ1) is 9.15. The van der Waals surface area contributed by atoms with Gasteiger partial charge in [0, 0.05) is 12.7 Å². The van der Waals surface area contributed by atoms with Crippen molar-refractivity contribution in [2.75, 3.05) is 7.11 Å². The molecule has 0 saturated carbocycles. The van der Waals surface area contributed by atoms with Crippen LogP contribution in [0, 0.1) is 5.82 Å². The highest BCUT2D eigenvalue weighted by molar-refractivity contribution is 9.10. The SMILES string of the molecule is COC(c1ccccc1)C(O)c1cccc(Br)c1F. The molecule has 0 aliphatic rings. The van der Waals surface area contributed by atoms with Crippen molar-refractivity contribution in [2.24, 2.45) is 0 Å². The smallest absolute Gasteiger partial charge is 0.143 e. The second-order valence-corrected chi connectivity index (χ2v) is 5.01. The van der Waals surface area contributed by atoms with E-state index in [1.54, 1.807) is 18.2 Å². The van der Waals surface area contributed by atoms with Gasteiger partial charge in [0.25, 0.3) is 0 Å². The highest BCUT2D eigenvalue weighted by Gasteiger charge is 2.25. The van der Waals surface area contributed by atoms with Gasteiger partial charge < -0.3 is 9.84 Å². The molecule has 2 aromatic rings. The molecule has 0 aliphatic carbocycles. The second kappa shape index (κ2) is 6.28. The number of hydrogen-bond donors (Lipinski definition) is 1. The zero-order valence-corrected chi connectivity index (χ0v) is 12.0. The van der Waals surface area contributed by atoms with Gasteiger partial charge in [-0.1, -0.05) is 42.5 Å². The minimum atomic E-state index is -1.06. The molecule has 1 N–H and O–H groups in total. The number of halogens is 2. The lowest BCUT2D eigenvalue weighted by Crippen LogP contribution is -2.14. The summed E-state index contributed by atoms with van der Waals surface area (Å²) in [7, 11) is 1.50. The number of ether oxygens (including phenoxy) is 1. The molecule has 2 aromatic carbocycles. The third kappa shape index (κ3) is 3.03. The summed E-state index contributed by atoms with van der Waals surface area (Å²) in [5.74, 6) is -0.465. The van der Waals surface area contributed by atoms with Crippen LogP contribution in [0.4, 0.5) is 4.39 Å². The van der Waals surface area contributed by atoms with Gasteiger partial charge in [-0.2, -0.15) is 0 Å². The fourth-order valence-electron chi connectivity index (χ4n) is 2.00. The first-order valence-electron chi connectivity index (χ1n) is 5.85. The number of aliphatic hydroxyl groups is 1. The zero-order valence-electron chi connectivity index (χ0n) is 10.4. The highest BCUT2D eigenvalue weighted by Crippen LogP contribution is 2.34. The Balaban J connectivity index is 2.36. The minimum absolute atomic E-state index is 0.213. The molecule has 0 radical (unpaired) electrons. The van der Waals surface area contributed by atoms with E-state index in [0.29, 0.717) is 4.47 Å². The fraction of sp³-hybridized carbons (Fsp3) is 0.200. The van der Waals surface area contributed by atoms with Crippen molar-refractivity contribution in [3.63, 3.8) is 0 Å². The summed E-state index contributed by atoms with van der Waals surface area (Å²) in [5.41, 5.74) is 1.02. The molecule has 2 rings (SSSR count). The van der Waals surface area contributed by atoms with Gasteiger partial charge in [0.2, 0.25) is 0 Å². The van der Waals surface area contributed by atoms with Crippen molar-refractivity contribution in [1.82, 2.24) is 0 Å². The lowest BCUT2D eigenvalue weighted by Gasteiger charge is -2.23. The molecule has 0 saturated heterocycles. The van der Waals surface area contributed by atoms with E-state index >= 15 is 0 Å². The van der Waals surface area contributed by atoms with Gasteiger partial charge in [0.15, 0.2) is 0 Å². The molecule has 0 aliphatic heterocycles. The molecule has 100 valence electrons. The van der Waals surface area contributed by atoms with Crippen LogP contribution < -0.4 is 0 Å². The minimum Gasteiger partial charge on any atom is -0.385 e.